The van der Waals surface area contributed by atoms with Crippen LogP contribution in [0.4, 0.5) is 0 Å². The fourth-order valence-electron chi connectivity index (χ4n) is 2.90. The first-order chi connectivity index (χ1) is 11.5. The summed E-state index contributed by atoms with van der Waals surface area (Å²) in [4.78, 5) is 29.2. The summed E-state index contributed by atoms with van der Waals surface area (Å²) in [5.74, 6) is 0.922. The summed E-state index contributed by atoms with van der Waals surface area (Å²) in [5.41, 5.74) is 1.35. The number of nitrogens with zero attached hydrogens (tertiary/aromatic N) is 2. The molecule has 1 saturated heterocycles. The van der Waals surface area contributed by atoms with E-state index in [2.05, 4.69) is 20.9 Å². The summed E-state index contributed by atoms with van der Waals surface area (Å²) in [6.07, 6.45) is 3.01. The molecule has 2 atom stereocenters. The number of carbonyl (C=O) groups is 1. The maximum atomic E-state index is 12.6. The smallest absolute Gasteiger partial charge is 0.261 e. The third-order valence-corrected chi connectivity index (χ3v) is 6.57. The van der Waals surface area contributed by atoms with E-state index in [1.807, 2.05) is 13.0 Å². The zero-order valence-electron chi connectivity index (χ0n) is 13.4. The van der Waals surface area contributed by atoms with Crippen molar-refractivity contribution in [3.63, 3.8) is 0 Å². The van der Waals surface area contributed by atoms with Crippen molar-refractivity contribution in [3.8, 4) is 0 Å². The molecule has 0 radical (unpaired) electrons. The average molecular weight is 411 g/mol. The molecule has 24 heavy (non-hydrogen) atoms. The zero-order valence-corrected chi connectivity index (χ0v) is 15.8. The topological polar surface area (TPSA) is 72.2 Å². The number of halogens is 1. The number of aromatic nitrogens is 2. The van der Waals surface area contributed by atoms with Crippen molar-refractivity contribution in [3.05, 3.63) is 38.9 Å². The maximum absolute atomic E-state index is 12.6. The Hall–Kier alpha value is -1.18. The third kappa shape index (κ3) is 3.73. The molecule has 2 aromatic rings. The predicted molar refractivity (Wildman–Crippen MR) is 99.6 cm³/mol. The van der Waals surface area contributed by atoms with Gasteiger partial charge in [-0.1, -0.05) is 15.9 Å². The molecule has 2 heterocycles. The number of rotatable bonds is 4. The summed E-state index contributed by atoms with van der Waals surface area (Å²) in [7, 11) is 0. The van der Waals surface area contributed by atoms with Gasteiger partial charge in [0.25, 0.3) is 5.56 Å². The molecule has 1 fully saturated rings. The van der Waals surface area contributed by atoms with Crippen LogP contribution in [0, 0.1) is 6.92 Å². The van der Waals surface area contributed by atoms with Gasteiger partial charge in [-0.05, 0) is 43.2 Å². The lowest BCUT2D eigenvalue weighted by Crippen LogP contribution is -2.32. The molecular formula is C17H19BrN2O3S. The normalized spacial score (nSPS) is 21.1. The Kier molecular flexibility index (Phi) is 5.42. The summed E-state index contributed by atoms with van der Waals surface area (Å²) < 4.78 is 2.26. The summed E-state index contributed by atoms with van der Waals surface area (Å²) in [6, 6.07) is 3.60. The first-order valence-corrected chi connectivity index (χ1v) is 9.76. The van der Waals surface area contributed by atoms with Gasteiger partial charge in [-0.2, -0.15) is 11.8 Å². The van der Waals surface area contributed by atoms with Crippen LogP contribution in [0.15, 0.2) is 27.7 Å². The van der Waals surface area contributed by atoms with Gasteiger partial charge in [-0.15, -0.1) is 0 Å². The Morgan fingerprint density at radius 2 is 2.29 bits per heavy atom. The second-order valence-corrected chi connectivity index (χ2v) is 8.36. The largest absolute Gasteiger partial charge is 0.392 e. The van der Waals surface area contributed by atoms with Crippen LogP contribution < -0.4 is 5.56 Å². The SMILES string of the molecule is Cc1cc2c(=O)n(CC(=O)C[C@H]3SCCC[C@@H]3O)cnc2cc1Br. The van der Waals surface area contributed by atoms with E-state index in [0.717, 1.165) is 28.6 Å². The van der Waals surface area contributed by atoms with Crippen LogP contribution in [-0.4, -0.2) is 37.5 Å². The Morgan fingerprint density at radius 1 is 1.50 bits per heavy atom. The van der Waals surface area contributed by atoms with Crippen LogP contribution in [0.3, 0.4) is 0 Å². The minimum Gasteiger partial charge on any atom is -0.392 e. The van der Waals surface area contributed by atoms with Crippen LogP contribution >= 0.6 is 27.7 Å². The maximum Gasteiger partial charge on any atom is 0.261 e. The molecular weight excluding hydrogens is 392 g/mol. The van der Waals surface area contributed by atoms with Crippen LogP contribution in [0.5, 0.6) is 0 Å². The number of benzene rings is 1. The number of hydrogen-bond donors (Lipinski definition) is 1. The van der Waals surface area contributed by atoms with Gasteiger partial charge >= 0.3 is 0 Å². The van der Waals surface area contributed by atoms with Crippen molar-refractivity contribution < 1.29 is 9.90 Å². The van der Waals surface area contributed by atoms with E-state index in [0.29, 0.717) is 10.9 Å². The molecule has 0 unspecified atom stereocenters. The van der Waals surface area contributed by atoms with E-state index in [1.165, 1.54) is 10.9 Å². The van der Waals surface area contributed by atoms with Crippen LogP contribution in [-0.2, 0) is 11.3 Å². The van der Waals surface area contributed by atoms with E-state index >= 15 is 0 Å². The first kappa shape index (κ1) is 17.6. The molecule has 0 aliphatic carbocycles. The number of aliphatic hydroxyl groups is 1. The second-order valence-electron chi connectivity index (χ2n) is 6.16. The summed E-state index contributed by atoms with van der Waals surface area (Å²) in [6.45, 7) is 1.91. The zero-order chi connectivity index (χ0) is 17.3. The monoisotopic (exact) mass is 410 g/mol. The van der Waals surface area contributed by atoms with Gasteiger partial charge in [0.15, 0.2) is 5.78 Å². The van der Waals surface area contributed by atoms with E-state index < -0.39 is 6.10 Å². The van der Waals surface area contributed by atoms with E-state index in [1.54, 1.807) is 17.8 Å². The first-order valence-electron chi connectivity index (χ1n) is 7.92. The molecule has 128 valence electrons. The average Bonchev–Trinajstić information content (AvgIpc) is 2.54. The molecule has 1 aromatic heterocycles. The number of ketones is 1. The van der Waals surface area contributed by atoms with Gasteiger partial charge in [0.05, 0.1) is 29.9 Å². The third-order valence-electron chi connectivity index (χ3n) is 4.29. The Balaban J connectivity index is 1.79. The molecule has 5 nitrogen and oxygen atoms in total. The lowest BCUT2D eigenvalue weighted by atomic mass is 10.1. The number of fused-ring (bicyclic) bond motifs is 1. The molecule has 0 spiro atoms. The second kappa shape index (κ2) is 7.37. The molecule has 1 N–H and O–H groups in total. The molecule has 3 rings (SSSR count). The van der Waals surface area contributed by atoms with Crippen LogP contribution in [0.2, 0.25) is 0 Å². The van der Waals surface area contributed by atoms with Crippen LogP contribution in [0.1, 0.15) is 24.8 Å². The summed E-state index contributed by atoms with van der Waals surface area (Å²) in [5, 5.41) is 10.4. The quantitative estimate of drug-likeness (QED) is 0.838. The number of carbonyl (C=O) groups excluding carboxylic acids is 1. The highest BCUT2D eigenvalue weighted by Gasteiger charge is 2.26. The number of thioether (sulfide) groups is 1. The highest BCUT2D eigenvalue weighted by Crippen LogP contribution is 2.28. The van der Waals surface area contributed by atoms with Gasteiger partial charge < -0.3 is 5.11 Å². The molecule has 1 aliphatic heterocycles. The number of Topliss-reactive ketones (excluding diaryl/α,β-unsaturated/α-hetero) is 1. The van der Waals surface area contributed by atoms with Gasteiger partial charge in [0.2, 0.25) is 0 Å². The molecule has 0 bridgehead atoms. The van der Waals surface area contributed by atoms with Crippen molar-refractivity contribution in [2.45, 2.75) is 44.1 Å². The van der Waals surface area contributed by atoms with Crippen molar-refractivity contribution in [1.82, 2.24) is 9.55 Å². The predicted octanol–water partition coefficient (Wildman–Crippen LogP) is 2.68. The van der Waals surface area contributed by atoms with E-state index in [4.69, 9.17) is 0 Å². The Labute approximate surface area is 152 Å². The molecule has 0 amide bonds. The van der Waals surface area contributed by atoms with Crippen molar-refractivity contribution in [1.29, 1.82) is 0 Å². The molecule has 7 heteroatoms. The number of aryl methyl sites for hydroxylation is 1. The summed E-state index contributed by atoms with van der Waals surface area (Å²) >= 11 is 5.07. The minimum absolute atomic E-state index is 0.000660. The van der Waals surface area contributed by atoms with E-state index in [9.17, 15) is 14.7 Å². The fraction of sp³-hybridized carbons (Fsp3) is 0.471. The van der Waals surface area contributed by atoms with Crippen molar-refractivity contribution in [2.75, 3.05) is 5.75 Å². The van der Waals surface area contributed by atoms with Crippen molar-refractivity contribution in [2.24, 2.45) is 0 Å². The minimum atomic E-state index is -0.431. The van der Waals surface area contributed by atoms with Crippen molar-refractivity contribution >= 4 is 44.4 Å². The lowest BCUT2D eigenvalue weighted by molar-refractivity contribution is -0.120. The number of aliphatic hydroxyl groups excluding tert-OH is 1. The van der Waals surface area contributed by atoms with Crippen LogP contribution in [0.25, 0.3) is 10.9 Å². The van der Waals surface area contributed by atoms with Gasteiger partial charge in [-0.3, -0.25) is 14.2 Å². The Bertz CT molecular complexity index is 836. The molecule has 1 aromatic carbocycles. The van der Waals surface area contributed by atoms with E-state index in [-0.39, 0.29) is 29.6 Å². The molecule has 0 saturated carbocycles. The lowest BCUT2D eigenvalue weighted by Gasteiger charge is -2.26. The highest BCUT2D eigenvalue weighted by atomic mass is 79.9. The fourth-order valence-corrected chi connectivity index (χ4v) is 4.53. The number of hydrogen-bond acceptors (Lipinski definition) is 5. The van der Waals surface area contributed by atoms with Gasteiger partial charge in [0, 0.05) is 16.1 Å². The molecule has 1 aliphatic rings. The van der Waals surface area contributed by atoms with Gasteiger partial charge in [0.1, 0.15) is 0 Å². The Morgan fingerprint density at radius 3 is 3.04 bits per heavy atom. The van der Waals surface area contributed by atoms with Gasteiger partial charge in [-0.25, -0.2) is 4.98 Å². The highest BCUT2D eigenvalue weighted by molar-refractivity contribution is 9.10. The standard InChI is InChI=1S/C17H19BrN2O3S/c1-10-5-12-14(7-13(10)18)19-9-20(17(12)23)8-11(21)6-16-15(22)3-2-4-24-16/h5,7,9,15-16,22H,2-4,6,8H2,1H3/t15-,16+/m0/s1.